The molecule has 1 heterocycles. The summed E-state index contributed by atoms with van der Waals surface area (Å²) in [6.07, 6.45) is 2.63. The number of hydrogen-bond donors (Lipinski definition) is 1. The minimum atomic E-state index is 0.171. The summed E-state index contributed by atoms with van der Waals surface area (Å²) >= 11 is 3.57. The molecule has 0 bridgehead atoms. The van der Waals surface area contributed by atoms with E-state index in [0.717, 1.165) is 23.2 Å². The van der Waals surface area contributed by atoms with Crippen molar-refractivity contribution in [3.05, 3.63) is 70.6 Å². The molecule has 3 aromatic rings. The Kier molecular flexibility index (Phi) is 4.42. The second-order valence-electron chi connectivity index (χ2n) is 5.09. The molecule has 21 heavy (non-hydrogen) atoms. The molecule has 0 radical (unpaired) electrons. The molecule has 0 aliphatic rings. The fourth-order valence-electron chi connectivity index (χ4n) is 2.75. The second-order valence-corrected chi connectivity index (χ2v) is 5.94. The van der Waals surface area contributed by atoms with Crippen molar-refractivity contribution in [3.8, 4) is 0 Å². The zero-order chi connectivity index (χ0) is 14.7. The van der Waals surface area contributed by atoms with Gasteiger partial charge in [-0.15, -0.1) is 0 Å². The molecule has 2 aromatic carbocycles. The van der Waals surface area contributed by atoms with Crippen LogP contribution in [-0.2, 0) is 6.42 Å². The zero-order valence-electron chi connectivity index (χ0n) is 12.0. The standard InChI is InChI=1S/C18H18BrNO/c1-2-20-17(18-16(19)10-11-21-18)12-14-8-5-7-13-6-3-4-9-15(13)14/h3-11,17,20H,2,12H2,1H3. The Labute approximate surface area is 133 Å². The Morgan fingerprint density at radius 2 is 1.90 bits per heavy atom. The highest BCUT2D eigenvalue weighted by molar-refractivity contribution is 9.10. The molecule has 0 saturated carbocycles. The van der Waals surface area contributed by atoms with Crippen molar-refractivity contribution in [2.24, 2.45) is 0 Å². The monoisotopic (exact) mass is 343 g/mol. The number of halogens is 1. The smallest absolute Gasteiger partial charge is 0.135 e. The number of rotatable bonds is 5. The third-order valence-electron chi connectivity index (χ3n) is 3.72. The van der Waals surface area contributed by atoms with Crippen LogP contribution in [0.15, 0.2) is 63.7 Å². The number of nitrogens with one attached hydrogen (secondary N) is 1. The van der Waals surface area contributed by atoms with Crippen molar-refractivity contribution < 1.29 is 4.42 Å². The first kappa shape index (κ1) is 14.4. The van der Waals surface area contributed by atoms with Crippen LogP contribution in [0.1, 0.15) is 24.3 Å². The molecule has 108 valence electrons. The first-order valence-corrected chi connectivity index (χ1v) is 8.01. The van der Waals surface area contributed by atoms with E-state index in [1.165, 1.54) is 16.3 Å². The largest absolute Gasteiger partial charge is 0.466 e. The third-order valence-corrected chi connectivity index (χ3v) is 4.37. The molecule has 0 saturated heterocycles. The lowest BCUT2D eigenvalue weighted by Gasteiger charge is -2.17. The summed E-state index contributed by atoms with van der Waals surface area (Å²) in [5, 5.41) is 6.11. The topological polar surface area (TPSA) is 25.2 Å². The van der Waals surface area contributed by atoms with Gasteiger partial charge in [-0.25, -0.2) is 0 Å². The van der Waals surface area contributed by atoms with Crippen molar-refractivity contribution in [1.29, 1.82) is 0 Å². The number of fused-ring (bicyclic) bond motifs is 1. The van der Waals surface area contributed by atoms with Crippen LogP contribution in [0.5, 0.6) is 0 Å². The quantitative estimate of drug-likeness (QED) is 0.698. The van der Waals surface area contributed by atoms with Crippen molar-refractivity contribution in [2.75, 3.05) is 6.54 Å². The number of likely N-dealkylation sites (N-methyl/N-ethyl adjacent to an activating group) is 1. The van der Waals surface area contributed by atoms with Crippen LogP contribution < -0.4 is 5.32 Å². The van der Waals surface area contributed by atoms with E-state index in [1.54, 1.807) is 6.26 Å². The van der Waals surface area contributed by atoms with Crippen LogP contribution >= 0.6 is 15.9 Å². The number of hydrogen-bond acceptors (Lipinski definition) is 2. The molecule has 3 rings (SSSR count). The highest BCUT2D eigenvalue weighted by atomic mass is 79.9. The predicted octanol–water partition coefficient (Wildman–Crippen LogP) is 5.09. The van der Waals surface area contributed by atoms with Crippen molar-refractivity contribution in [2.45, 2.75) is 19.4 Å². The summed E-state index contributed by atoms with van der Waals surface area (Å²) in [7, 11) is 0. The minimum absolute atomic E-state index is 0.171. The molecule has 0 aliphatic heterocycles. The fraction of sp³-hybridized carbons (Fsp3) is 0.222. The van der Waals surface area contributed by atoms with Gasteiger partial charge >= 0.3 is 0 Å². The number of furan rings is 1. The van der Waals surface area contributed by atoms with Crippen LogP contribution in [0, 0.1) is 0 Å². The molecule has 1 aromatic heterocycles. The highest BCUT2D eigenvalue weighted by Gasteiger charge is 2.18. The Balaban J connectivity index is 1.97. The van der Waals surface area contributed by atoms with E-state index >= 15 is 0 Å². The van der Waals surface area contributed by atoms with Crippen LogP contribution in [0.25, 0.3) is 10.8 Å². The average molecular weight is 344 g/mol. The summed E-state index contributed by atoms with van der Waals surface area (Å²) in [5.74, 6) is 0.963. The first-order chi connectivity index (χ1) is 10.3. The summed E-state index contributed by atoms with van der Waals surface area (Å²) in [5.41, 5.74) is 1.34. The zero-order valence-corrected chi connectivity index (χ0v) is 13.6. The van der Waals surface area contributed by atoms with Gasteiger partial charge < -0.3 is 9.73 Å². The van der Waals surface area contributed by atoms with Gasteiger partial charge in [0.1, 0.15) is 5.76 Å². The SMILES string of the molecule is CCNC(Cc1cccc2ccccc12)c1occc1Br. The maximum Gasteiger partial charge on any atom is 0.135 e. The lowest BCUT2D eigenvalue weighted by Crippen LogP contribution is -2.22. The highest BCUT2D eigenvalue weighted by Crippen LogP contribution is 2.29. The van der Waals surface area contributed by atoms with E-state index < -0.39 is 0 Å². The molecule has 1 N–H and O–H groups in total. The minimum Gasteiger partial charge on any atom is -0.466 e. The van der Waals surface area contributed by atoms with E-state index in [0.29, 0.717) is 0 Å². The number of benzene rings is 2. The molecule has 3 heteroatoms. The van der Waals surface area contributed by atoms with E-state index in [4.69, 9.17) is 4.42 Å². The molecule has 0 spiro atoms. The lowest BCUT2D eigenvalue weighted by atomic mass is 9.97. The van der Waals surface area contributed by atoms with Crippen molar-refractivity contribution in [3.63, 3.8) is 0 Å². The molecule has 2 nitrogen and oxygen atoms in total. The van der Waals surface area contributed by atoms with E-state index in [2.05, 4.69) is 70.6 Å². The predicted molar refractivity (Wildman–Crippen MR) is 90.5 cm³/mol. The summed E-state index contributed by atoms with van der Waals surface area (Å²) in [6, 6.07) is 17.1. The van der Waals surface area contributed by atoms with E-state index in [9.17, 15) is 0 Å². The molecule has 1 atom stereocenters. The van der Waals surface area contributed by atoms with E-state index in [1.807, 2.05) is 6.07 Å². The lowest BCUT2D eigenvalue weighted by molar-refractivity contribution is 0.414. The van der Waals surface area contributed by atoms with Crippen molar-refractivity contribution >= 4 is 26.7 Å². The first-order valence-electron chi connectivity index (χ1n) is 7.22. The molecule has 1 unspecified atom stereocenters. The Morgan fingerprint density at radius 1 is 1.10 bits per heavy atom. The average Bonchev–Trinajstić information content (AvgIpc) is 2.93. The van der Waals surface area contributed by atoms with Gasteiger partial charge in [0, 0.05) is 0 Å². The van der Waals surface area contributed by atoms with Crippen LogP contribution in [0.4, 0.5) is 0 Å². The van der Waals surface area contributed by atoms with Crippen molar-refractivity contribution in [1.82, 2.24) is 5.32 Å². The Bertz CT molecular complexity index is 729. The Morgan fingerprint density at radius 3 is 2.67 bits per heavy atom. The normalized spacial score (nSPS) is 12.7. The van der Waals surface area contributed by atoms with Gasteiger partial charge in [-0.3, -0.25) is 0 Å². The maximum atomic E-state index is 5.65. The van der Waals surface area contributed by atoms with E-state index in [-0.39, 0.29) is 6.04 Å². The van der Waals surface area contributed by atoms with Crippen LogP contribution in [-0.4, -0.2) is 6.54 Å². The van der Waals surface area contributed by atoms with Gasteiger partial charge in [-0.2, -0.15) is 0 Å². The summed E-state index contributed by atoms with van der Waals surface area (Å²) in [4.78, 5) is 0. The molecule has 0 fully saturated rings. The molecule has 0 aliphatic carbocycles. The molecular formula is C18H18BrNO. The van der Waals surface area contributed by atoms with Gasteiger partial charge in [0.15, 0.2) is 0 Å². The van der Waals surface area contributed by atoms with Crippen LogP contribution in [0.3, 0.4) is 0 Å². The Hall–Kier alpha value is -1.58. The molecule has 0 amide bonds. The fourth-order valence-corrected chi connectivity index (χ4v) is 3.23. The van der Waals surface area contributed by atoms with Gasteiger partial charge in [0.25, 0.3) is 0 Å². The maximum absolute atomic E-state index is 5.65. The second kappa shape index (κ2) is 6.46. The van der Waals surface area contributed by atoms with Gasteiger partial charge in [-0.1, -0.05) is 49.4 Å². The van der Waals surface area contributed by atoms with Gasteiger partial charge in [-0.05, 0) is 51.3 Å². The third kappa shape index (κ3) is 3.04. The van der Waals surface area contributed by atoms with Crippen LogP contribution in [0.2, 0.25) is 0 Å². The molecular weight excluding hydrogens is 326 g/mol. The van der Waals surface area contributed by atoms with Gasteiger partial charge in [0.2, 0.25) is 0 Å². The van der Waals surface area contributed by atoms with Gasteiger partial charge in [0.05, 0.1) is 16.8 Å². The summed E-state index contributed by atoms with van der Waals surface area (Å²) in [6.45, 7) is 3.02. The summed E-state index contributed by atoms with van der Waals surface area (Å²) < 4.78 is 6.68.